The summed E-state index contributed by atoms with van der Waals surface area (Å²) in [5, 5.41) is 4.57. The van der Waals surface area contributed by atoms with E-state index in [0.717, 1.165) is 41.8 Å². The van der Waals surface area contributed by atoms with Crippen LogP contribution in [0.1, 0.15) is 40.7 Å². The molecule has 0 radical (unpaired) electrons. The van der Waals surface area contributed by atoms with Gasteiger partial charge in [0.2, 0.25) is 0 Å². The number of fused-ring (bicyclic) bond motifs is 1. The number of aryl methyl sites for hydroxylation is 1. The van der Waals surface area contributed by atoms with E-state index in [1.54, 1.807) is 27.8 Å². The molecule has 0 atom stereocenters. The van der Waals surface area contributed by atoms with E-state index >= 15 is 0 Å². The smallest absolute Gasteiger partial charge is 0.279 e. The van der Waals surface area contributed by atoms with Gasteiger partial charge in [-0.3, -0.25) is 4.79 Å². The molecule has 4 rings (SSSR count). The average molecular weight is 363 g/mol. The minimum atomic E-state index is -0.333. The average Bonchev–Trinajstić information content (AvgIpc) is 3.27. The summed E-state index contributed by atoms with van der Waals surface area (Å²) in [6.45, 7) is 4.50. The molecule has 1 heterocycles. The zero-order valence-corrected chi connectivity index (χ0v) is 15.6. The zero-order chi connectivity index (χ0) is 19.0. The van der Waals surface area contributed by atoms with Crippen LogP contribution in [-0.4, -0.2) is 22.2 Å². The van der Waals surface area contributed by atoms with Gasteiger partial charge >= 0.3 is 0 Å². The van der Waals surface area contributed by atoms with E-state index in [2.05, 4.69) is 5.10 Å². The van der Waals surface area contributed by atoms with E-state index in [-0.39, 0.29) is 11.7 Å². The summed E-state index contributed by atoms with van der Waals surface area (Å²) in [6, 6.07) is 14.4. The molecule has 1 amide bonds. The first-order chi connectivity index (χ1) is 13.1. The lowest BCUT2D eigenvalue weighted by Gasteiger charge is -2.22. The van der Waals surface area contributed by atoms with Crippen molar-refractivity contribution < 1.29 is 9.18 Å². The number of amides is 1. The number of nitrogens with zero attached hydrogens (tertiary/aromatic N) is 3. The highest BCUT2D eigenvalue weighted by molar-refractivity contribution is 6.06. The Bertz CT molecular complexity index is 1010. The Balaban J connectivity index is 1.81. The second-order valence-corrected chi connectivity index (χ2v) is 6.83. The summed E-state index contributed by atoms with van der Waals surface area (Å²) < 4.78 is 16.0. The lowest BCUT2D eigenvalue weighted by atomic mass is 10.1. The minimum absolute atomic E-state index is 0.125. The number of halogens is 1. The maximum atomic E-state index is 14.3. The molecule has 0 saturated carbocycles. The number of carbonyl (C=O) groups excluding carboxylic acids is 1. The third kappa shape index (κ3) is 2.93. The van der Waals surface area contributed by atoms with Crippen molar-refractivity contribution in [2.24, 2.45) is 0 Å². The van der Waals surface area contributed by atoms with Crippen molar-refractivity contribution in [2.45, 2.75) is 33.1 Å². The third-order valence-electron chi connectivity index (χ3n) is 5.18. The molecule has 0 spiro atoms. The predicted octanol–water partition coefficient (Wildman–Crippen LogP) is 4.48. The highest BCUT2D eigenvalue weighted by atomic mass is 19.1. The van der Waals surface area contributed by atoms with Crippen LogP contribution in [0.5, 0.6) is 0 Å². The molecule has 27 heavy (non-hydrogen) atoms. The molecule has 0 N–H and O–H groups in total. The second kappa shape index (κ2) is 6.99. The lowest BCUT2D eigenvalue weighted by molar-refractivity contribution is 0.0982. The fourth-order valence-electron chi connectivity index (χ4n) is 3.85. The van der Waals surface area contributed by atoms with Gasteiger partial charge in [-0.25, -0.2) is 9.07 Å². The molecule has 0 fully saturated rings. The summed E-state index contributed by atoms with van der Waals surface area (Å²) in [5.74, 6) is -0.458. The highest BCUT2D eigenvalue weighted by Crippen LogP contribution is 2.30. The van der Waals surface area contributed by atoms with Gasteiger partial charge in [0.25, 0.3) is 5.91 Å². The van der Waals surface area contributed by atoms with E-state index in [4.69, 9.17) is 0 Å². The molecule has 2 aromatic carbocycles. The Morgan fingerprint density at radius 2 is 1.89 bits per heavy atom. The predicted molar refractivity (Wildman–Crippen MR) is 104 cm³/mol. The molecule has 0 saturated heterocycles. The van der Waals surface area contributed by atoms with Crippen molar-refractivity contribution >= 4 is 11.6 Å². The molecule has 1 aromatic heterocycles. The van der Waals surface area contributed by atoms with Gasteiger partial charge in [-0.15, -0.1) is 0 Å². The molecule has 0 aliphatic heterocycles. The van der Waals surface area contributed by atoms with E-state index in [9.17, 15) is 9.18 Å². The minimum Gasteiger partial charge on any atom is -0.307 e. The van der Waals surface area contributed by atoms with Crippen molar-refractivity contribution in [3.63, 3.8) is 0 Å². The van der Waals surface area contributed by atoms with Crippen molar-refractivity contribution in [1.82, 2.24) is 9.78 Å². The fourth-order valence-corrected chi connectivity index (χ4v) is 3.85. The lowest BCUT2D eigenvalue weighted by Crippen LogP contribution is -2.32. The van der Waals surface area contributed by atoms with Gasteiger partial charge in [0.05, 0.1) is 0 Å². The van der Waals surface area contributed by atoms with Gasteiger partial charge in [0.1, 0.15) is 11.5 Å². The van der Waals surface area contributed by atoms with E-state index in [1.807, 2.05) is 38.1 Å². The number of carbonyl (C=O) groups is 1. The van der Waals surface area contributed by atoms with Gasteiger partial charge < -0.3 is 4.90 Å². The Labute approximate surface area is 158 Å². The molecule has 138 valence electrons. The molecule has 5 heteroatoms. The second-order valence-electron chi connectivity index (χ2n) is 6.83. The van der Waals surface area contributed by atoms with Crippen molar-refractivity contribution in [3.05, 3.63) is 76.9 Å². The molecule has 0 bridgehead atoms. The van der Waals surface area contributed by atoms with Crippen molar-refractivity contribution in [3.8, 4) is 5.69 Å². The molecular formula is C22H22FN3O. The van der Waals surface area contributed by atoms with Crippen LogP contribution in [0.4, 0.5) is 10.1 Å². The van der Waals surface area contributed by atoms with Gasteiger partial charge in [0.15, 0.2) is 5.69 Å². The number of benzene rings is 2. The van der Waals surface area contributed by atoms with Crippen LogP contribution in [0.3, 0.4) is 0 Å². The van der Waals surface area contributed by atoms with Crippen molar-refractivity contribution in [1.29, 1.82) is 0 Å². The normalized spacial score (nSPS) is 12.9. The zero-order valence-electron chi connectivity index (χ0n) is 15.6. The molecule has 1 aliphatic carbocycles. The van der Waals surface area contributed by atoms with E-state index in [1.165, 1.54) is 6.07 Å². The van der Waals surface area contributed by atoms with Gasteiger partial charge in [-0.05, 0) is 56.9 Å². The van der Waals surface area contributed by atoms with Crippen LogP contribution in [0.2, 0.25) is 0 Å². The number of para-hydroxylation sites is 2. The Hall–Kier alpha value is -2.95. The SMILES string of the molecule is CCN(C(=O)c1nn(-c2ccccc2F)c2c1CCC2)c1ccccc1C. The van der Waals surface area contributed by atoms with Crippen LogP contribution in [-0.2, 0) is 12.8 Å². The Morgan fingerprint density at radius 1 is 1.15 bits per heavy atom. The Morgan fingerprint density at radius 3 is 2.63 bits per heavy atom. The van der Waals surface area contributed by atoms with Crippen LogP contribution in [0, 0.1) is 12.7 Å². The summed E-state index contributed by atoms with van der Waals surface area (Å²) in [6.07, 6.45) is 2.56. The van der Waals surface area contributed by atoms with Gasteiger partial charge in [0, 0.05) is 23.5 Å². The largest absolute Gasteiger partial charge is 0.307 e. The van der Waals surface area contributed by atoms with Crippen molar-refractivity contribution in [2.75, 3.05) is 11.4 Å². The first-order valence-corrected chi connectivity index (χ1v) is 9.35. The molecule has 0 unspecified atom stereocenters. The summed E-state index contributed by atoms with van der Waals surface area (Å²) in [5.41, 5.74) is 4.67. The van der Waals surface area contributed by atoms with Gasteiger partial charge in [-0.1, -0.05) is 30.3 Å². The van der Waals surface area contributed by atoms with Crippen LogP contribution >= 0.6 is 0 Å². The van der Waals surface area contributed by atoms with Crippen LogP contribution in [0.15, 0.2) is 48.5 Å². The number of aromatic nitrogens is 2. The van der Waals surface area contributed by atoms with E-state index < -0.39 is 0 Å². The maximum Gasteiger partial charge on any atom is 0.279 e. The molecule has 3 aromatic rings. The first kappa shape index (κ1) is 17.5. The topological polar surface area (TPSA) is 38.1 Å². The number of hydrogen-bond acceptors (Lipinski definition) is 2. The highest BCUT2D eigenvalue weighted by Gasteiger charge is 2.30. The maximum absolute atomic E-state index is 14.3. The van der Waals surface area contributed by atoms with Gasteiger partial charge in [-0.2, -0.15) is 5.10 Å². The number of anilines is 1. The monoisotopic (exact) mass is 363 g/mol. The number of rotatable bonds is 4. The fraction of sp³-hybridized carbons (Fsp3) is 0.273. The summed E-state index contributed by atoms with van der Waals surface area (Å²) in [7, 11) is 0. The third-order valence-corrected chi connectivity index (χ3v) is 5.18. The Kier molecular flexibility index (Phi) is 4.52. The summed E-state index contributed by atoms with van der Waals surface area (Å²) in [4.78, 5) is 15.1. The quantitative estimate of drug-likeness (QED) is 0.686. The molecule has 4 nitrogen and oxygen atoms in total. The van der Waals surface area contributed by atoms with Crippen LogP contribution < -0.4 is 4.90 Å². The summed E-state index contributed by atoms with van der Waals surface area (Å²) >= 11 is 0. The van der Waals surface area contributed by atoms with E-state index in [0.29, 0.717) is 17.9 Å². The first-order valence-electron chi connectivity index (χ1n) is 9.35. The molecular weight excluding hydrogens is 341 g/mol. The van der Waals surface area contributed by atoms with Crippen LogP contribution in [0.25, 0.3) is 5.69 Å². The molecule has 1 aliphatic rings. The number of hydrogen-bond donors (Lipinski definition) is 0. The standard InChI is InChI=1S/C22H22FN3O/c1-3-25(18-12-6-4-9-15(18)2)22(27)21-16-10-8-14-19(16)26(24-21)20-13-7-5-11-17(20)23/h4-7,9,11-13H,3,8,10,14H2,1-2H3.